The van der Waals surface area contributed by atoms with Gasteiger partial charge in [0.2, 0.25) is 0 Å². The molecule has 0 spiro atoms. The van der Waals surface area contributed by atoms with Crippen molar-refractivity contribution in [2.24, 2.45) is 7.05 Å². The standard InChI is InChI=1S/C11H11FN4O2/c1-15-9(4-5-14-15)7-13-11-6-8(16(17)18)2-3-10(11)12/h2-6,13H,7H2,1H3. The Balaban J connectivity index is 2.16. The van der Waals surface area contributed by atoms with Crippen molar-refractivity contribution in [3.05, 3.63) is 52.1 Å². The van der Waals surface area contributed by atoms with Gasteiger partial charge in [0.05, 0.1) is 22.8 Å². The normalized spacial score (nSPS) is 10.3. The number of anilines is 1. The van der Waals surface area contributed by atoms with Gasteiger partial charge in [0.1, 0.15) is 5.82 Å². The third-order valence-corrected chi connectivity index (χ3v) is 2.54. The summed E-state index contributed by atoms with van der Waals surface area (Å²) in [5.41, 5.74) is 0.801. The molecule has 2 rings (SSSR count). The van der Waals surface area contributed by atoms with Crippen LogP contribution >= 0.6 is 0 Å². The second kappa shape index (κ2) is 4.82. The lowest BCUT2D eigenvalue weighted by molar-refractivity contribution is -0.384. The number of nitrogens with zero attached hydrogens (tertiary/aromatic N) is 3. The molecule has 2 aromatic rings. The number of non-ortho nitro benzene ring substituents is 1. The van der Waals surface area contributed by atoms with Crippen LogP contribution < -0.4 is 5.32 Å². The van der Waals surface area contributed by atoms with Crippen molar-refractivity contribution < 1.29 is 9.31 Å². The van der Waals surface area contributed by atoms with E-state index in [1.54, 1.807) is 24.0 Å². The molecule has 6 nitrogen and oxygen atoms in total. The molecule has 0 atom stereocenters. The minimum Gasteiger partial charge on any atom is -0.377 e. The SMILES string of the molecule is Cn1nccc1CNc1cc([N+](=O)[O-])ccc1F. The van der Waals surface area contributed by atoms with Gasteiger partial charge in [0.25, 0.3) is 5.69 Å². The molecule has 0 saturated heterocycles. The van der Waals surface area contributed by atoms with Crippen LogP contribution in [0.2, 0.25) is 0 Å². The zero-order valence-electron chi connectivity index (χ0n) is 9.63. The van der Waals surface area contributed by atoms with E-state index in [0.29, 0.717) is 6.54 Å². The second-order valence-electron chi connectivity index (χ2n) is 3.72. The summed E-state index contributed by atoms with van der Waals surface area (Å²) in [7, 11) is 1.76. The Labute approximate surface area is 102 Å². The van der Waals surface area contributed by atoms with Crippen molar-refractivity contribution in [1.29, 1.82) is 0 Å². The Morgan fingerprint density at radius 2 is 2.28 bits per heavy atom. The summed E-state index contributed by atoms with van der Waals surface area (Å²) in [6.45, 7) is 0.342. The maximum atomic E-state index is 13.5. The Kier molecular flexibility index (Phi) is 3.22. The zero-order chi connectivity index (χ0) is 13.1. The molecular formula is C11H11FN4O2. The number of aryl methyl sites for hydroxylation is 1. The third-order valence-electron chi connectivity index (χ3n) is 2.54. The molecule has 0 aliphatic carbocycles. The molecule has 7 heteroatoms. The highest BCUT2D eigenvalue weighted by molar-refractivity contribution is 5.52. The molecule has 0 bridgehead atoms. The van der Waals surface area contributed by atoms with Gasteiger partial charge in [0, 0.05) is 25.4 Å². The second-order valence-corrected chi connectivity index (χ2v) is 3.72. The number of benzene rings is 1. The van der Waals surface area contributed by atoms with Gasteiger partial charge < -0.3 is 5.32 Å². The highest BCUT2D eigenvalue weighted by atomic mass is 19.1. The van der Waals surface area contributed by atoms with Gasteiger partial charge >= 0.3 is 0 Å². The average Bonchev–Trinajstić information content (AvgIpc) is 2.73. The number of hydrogen-bond donors (Lipinski definition) is 1. The van der Waals surface area contributed by atoms with E-state index in [1.165, 1.54) is 6.07 Å². The van der Waals surface area contributed by atoms with Crippen molar-refractivity contribution in [2.45, 2.75) is 6.54 Å². The minimum atomic E-state index is -0.561. The van der Waals surface area contributed by atoms with Crippen molar-refractivity contribution in [3.8, 4) is 0 Å². The molecule has 1 aromatic heterocycles. The van der Waals surface area contributed by atoms with Crippen molar-refractivity contribution in [1.82, 2.24) is 9.78 Å². The molecular weight excluding hydrogens is 239 g/mol. The van der Waals surface area contributed by atoms with E-state index in [4.69, 9.17) is 0 Å². The van der Waals surface area contributed by atoms with Crippen LogP contribution in [0.4, 0.5) is 15.8 Å². The van der Waals surface area contributed by atoms with E-state index in [-0.39, 0.29) is 11.4 Å². The van der Waals surface area contributed by atoms with Gasteiger partial charge in [-0.25, -0.2) is 4.39 Å². The first-order valence-electron chi connectivity index (χ1n) is 5.22. The summed E-state index contributed by atoms with van der Waals surface area (Å²) in [5.74, 6) is -0.525. The topological polar surface area (TPSA) is 73.0 Å². The number of aromatic nitrogens is 2. The minimum absolute atomic E-state index is 0.102. The first-order valence-corrected chi connectivity index (χ1v) is 5.22. The summed E-state index contributed by atoms with van der Waals surface area (Å²) in [6, 6.07) is 5.16. The fourth-order valence-corrected chi connectivity index (χ4v) is 1.52. The number of nitro benzene ring substituents is 1. The smallest absolute Gasteiger partial charge is 0.271 e. The first kappa shape index (κ1) is 12.0. The molecule has 0 aliphatic rings. The van der Waals surface area contributed by atoms with E-state index in [2.05, 4.69) is 10.4 Å². The summed E-state index contributed by atoms with van der Waals surface area (Å²) in [6.07, 6.45) is 1.63. The lowest BCUT2D eigenvalue weighted by Crippen LogP contribution is -2.06. The molecule has 0 amide bonds. The average molecular weight is 250 g/mol. The van der Waals surface area contributed by atoms with Crippen molar-refractivity contribution in [3.63, 3.8) is 0 Å². The number of nitrogens with one attached hydrogen (secondary N) is 1. The summed E-state index contributed by atoms with van der Waals surface area (Å²) in [5, 5.41) is 17.4. The van der Waals surface area contributed by atoms with Crippen LogP contribution in [0.5, 0.6) is 0 Å². The quantitative estimate of drug-likeness (QED) is 0.666. The Morgan fingerprint density at radius 3 is 2.89 bits per heavy atom. The third kappa shape index (κ3) is 2.45. The van der Waals surface area contributed by atoms with Crippen LogP contribution in [-0.4, -0.2) is 14.7 Å². The maximum Gasteiger partial charge on any atom is 0.271 e. The molecule has 0 radical (unpaired) electrons. The number of nitro groups is 1. The molecule has 1 aromatic carbocycles. The van der Waals surface area contributed by atoms with Crippen molar-refractivity contribution >= 4 is 11.4 Å². The van der Waals surface area contributed by atoms with E-state index >= 15 is 0 Å². The van der Waals surface area contributed by atoms with Crippen molar-refractivity contribution in [2.75, 3.05) is 5.32 Å². The van der Waals surface area contributed by atoms with Crippen LogP contribution in [0.3, 0.4) is 0 Å². The molecule has 18 heavy (non-hydrogen) atoms. The van der Waals surface area contributed by atoms with E-state index in [1.807, 2.05) is 0 Å². The molecule has 0 aliphatic heterocycles. The molecule has 0 saturated carbocycles. The summed E-state index contributed by atoms with van der Waals surface area (Å²) >= 11 is 0. The predicted octanol–water partition coefficient (Wildman–Crippen LogP) is 2.08. The molecule has 0 unspecified atom stereocenters. The maximum absolute atomic E-state index is 13.5. The largest absolute Gasteiger partial charge is 0.377 e. The van der Waals surface area contributed by atoms with Crippen LogP contribution in [0.15, 0.2) is 30.5 Å². The van der Waals surface area contributed by atoms with Gasteiger partial charge in [-0.1, -0.05) is 0 Å². The van der Waals surface area contributed by atoms with E-state index in [9.17, 15) is 14.5 Å². The van der Waals surface area contributed by atoms with Gasteiger partial charge in [-0.05, 0) is 12.1 Å². The first-order chi connectivity index (χ1) is 8.58. The molecule has 1 heterocycles. The number of hydrogen-bond acceptors (Lipinski definition) is 4. The predicted molar refractivity (Wildman–Crippen MR) is 63.6 cm³/mol. The molecule has 1 N–H and O–H groups in total. The van der Waals surface area contributed by atoms with E-state index < -0.39 is 10.7 Å². The van der Waals surface area contributed by atoms with Crippen LogP contribution in [0, 0.1) is 15.9 Å². The lowest BCUT2D eigenvalue weighted by Gasteiger charge is -2.07. The highest BCUT2D eigenvalue weighted by Crippen LogP contribution is 2.21. The zero-order valence-corrected chi connectivity index (χ0v) is 9.63. The fourth-order valence-electron chi connectivity index (χ4n) is 1.52. The number of halogens is 1. The van der Waals surface area contributed by atoms with Gasteiger partial charge in [-0.3, -0.25) is 14.8 Å². The monoisotopic (exact) mass is 250 g/mol. The molecule has 0 fully saturated rings. The fraction of sp³-hybridized carbons (Fsp3) is 0.182. The molecule has 94 valence electrons. The van der Waals surface area contributed by atoms with Gasteiger partial charge in [0.15, 0.2) is 0 Å². The number of rotatable bonds is 4. The van der Waals surface area contributed by atoms with E-state index in [0.717, 1.165) is 17.8 Å². The van der Waals surface area contributed by atoms with Crippen LogP contribution in [-0.2, 0) is 13.6 Å². The van der Waals surface area contributed by atoms with Gasteiger partial charge in [-0.15, -0.1) is 0 Å². The highest BCUT2D eigenvalue weighted by Gasteiger charge is 2.10. The Hall–Kier alpha value is -2.44. The lowest BCUT2D eigenvalue weighted by atomic mass is 10.2. The Bertz CT molecular complexity index is 582. The van der Waals surface area contributed by atoms with Gasteiger partial charge in [-0.2, -0.15) is 5.10 Å². The van der Waals surface area contributed by atoms with Crippen LogP contribution in [0.1, 0.15) is 5.69 Å². The Morgan fingerprint density at radius 1 is 1.50 bits per heavy atom. The summed E-state index contributed by atoms with van der Waals surface area (Å²) < 4.78 is 15.1. The van der Waals surface area contributed by atoms with Crippen LogP contribution in [0.25, 0.3) is 0 Å². The summed E-state index contributed by atoms with van der Waals surface area (Å²) in [4.78, 5) is 10.0.